The summed E-state index contributed by atoms with van der Waals surface area (Å²) in [4.78, 5) is 21.8. The van der Waals surface area contributed by atoms with Crippen LogP contribution in [-0.4, -0.2) is 26.1 Å². The smallest absolute Gasteiger partial charge is 0.330 e. The van der Waals surface area contributed by atoms with Crippen LogP contribution in [0.15, 0.2) is 6.20 Å². The lowest BCUT2D eigenvalue weighted by Gasteiger charge is -2.31. The third-order valence-corrected chi connectivity index (χ3v) is 3.05. The van der Waals surface area contributed by atoms with Crippen molar-refractivity contribution in [2.75, 3.05) is 5.32 Å². The third-order valence-electron chi connectivity index (χ3n) is 3.05. The Labute approximate surface area is 104 Å². The lowest BCUT2D eigenvalue weighted by atomic mass is 9.87. The van der Waals surface area contributed by atoms with Gasteiger partial charge in [0.1, 0.15) is 11.7 Å². The fourth-order valence-corrected chi connectivity index (χ4v) is 1.44. The zero-order valence-corrected chi connectivity index (χ0v) is 10.8. The van der Waals surface area contributed by atoms with Crippen LogP contribution in [0.2, 0.25) is 0 Å². The van der Waals surface area contributed by atoms with Gasteiger partial charge in [0.25, 0.3) is 0 Å². The van der Waals surface area contributed by atoms with Crippen LogP contribution in [0.4, 0.5) is 11.5 Å². The molecule has 8 heteroatoms. The minimum Gasteiger partial charge on any atom is -0.368 e. The second-order valence-corrected chi connectivity index (χ2v) is 4.64. The van der Waals surface area contributed by atoms with Crippen molar-refractivity contribution in [2.45, 2.75) is 26.3 Å². The molecule has 1 aromatic rings. The van der Waals surface area contributed by atoms with Crippen molar-refractivity contribution in [3.63, 3.8) is 0 Å². The topological polar surface area (TPSA) is 116 Å². The number of primary amides is 1. The van der Waals surface area contributed by atoms with E-state index in [4.69, 9.17) is 5.73 Å². The number of carbonyl (C=O) groups excluding carboxylic acids is 1. The summed E-state index contributed by atoms with van der Waals surface area (Å²) in [6.07, 6.45) is 1.27. The van der Waals surface area contributed by atoms with Gasteiger partial charge in [0.15, 0.2) is 0 Å². The molecule has 0 fully saturated rings. The highest BCUT2D eigenvalue weighted by Gasteiger charge is 2.37. The number of nitrogens with one attached hydrogen (secondary N) is 1. The Hall–Kier alpha value is -2.12. The molecule has 1 aromatic heterocycles. The number of aryl methyl sites for hydroxylation is 1. The standard InChI is InChI=1S/C10H17N5O3/c1-6(2)10(3,9(11)16)12-8-7(15(17)18)5-14(4)13-8/h5-6H,1-4H3,(H2,11,16)(H,12,13). The summed E-state index contributed by atoms with van der Waals surface area (Å²) >= 11 is 0. The van der Waals surface area contributed by atoms with Crippen LogP contribution in [0.1, 0.15) is 20.8 Å². The summed E-state index contributed by atoms with van der Waals surface area (Å²) in [6, 6.07) is 0. The highest BCUT2D eigenvalue weighted by atomic mass is 16.6. The molecule has 0 bridgehead atoms. The van der Waals surface area contributed by atoms with Crippen LogP contribution in [-0.2, 0) is 11.8 Å². The minimum absolute atomic E-state index is 0.0394. The molecule has 0 radical (unpaired) electrons. The zero-order chi connectivity index (χ0) is 14.1. The van der Waals surface area contributed by atoms with Crippen molar-refractivity contribution in [3.8, 4) is 0 Å². The van der Waals surface area contributed by atoms with Crippen LogP contribution in [0.25, 0.3) is 0 Å². The molecule has 3 N–H and O–H groups in total. The molecule has 18 heavy (non-hydrogen) atoms. The van der Waals surface area contributed by atoms with E-state index in [0.717, 1.165) is 0 Å². The van der Waals surface area contributed by atoms with Crippen molar-refractivity contribution < 1.29 is 9.72 Å². The van der Waals surface area contributed by atoms with E-state index in [9.17, 15) is 14.9 Å². The predicted molar refractivity (Wildman–Crippen MR) is 65.9 cm³/mol. The van der Waals surface area contributed by atoms with Gasteiger partial charge in [-0.15, -0.1) is 5.10 Å². The number of carbonyl (C=O) groups is 1. The SMILES string of the molecule is CC(C)C(C)(Nc1nn(C)cc1[N+](=O)[O-])C(N)=O. The maximum Gasteiger partial charge on any atom is 0.330 e. The fraction of sp³-hybridized carbons (Fsp3) is 0.600. The van der Waals surface area contributed by atoms with E-state index in [1.807, 2.05) is 0 Å². The quantitative estimate of drug-likeness (QED) is 0.591. The van der Waals surface area contributed by atoms with E-state index >= 15 is 0 Å². The van der Waals surface area contributed by atoms with Crippen molar-refractivity contribution in [1.82, 2.24) is 9.78 Å². The monoisotopic (exact) mass is 255 g/mol. The molecule has 0 aliphatic carbocycles. The number of nitro groups is 1. The number of rotatable bonds is 5. The van der Waals surface area contributed by atoms with Crippen LogP contribution in [0.3, 0.4) is 0 Å². The Balaban J connectivity index is 3.17. The molecular weight excluding hydrogens is 238 g/mol. The molecule has 0 saturated heterocycles. The lowest BCUT2D eigenvalue weighted by molar-refractivity contribution is -0.384. The van der Waals surface area contributed by atoms with E-state index < -0.39 is 16.4 Å². The number of anilines is 1. The van der Waals surface area contributed by atoms with Crippen molar-refractivity contribution in [2.24, 2.45) is 18.7 Å². The molecule has 0 aromatic carbocycles. The highest BCUT2D eigenvalue weighted by molar-refractivity contribution is 5.88. The maximum atomic E-state index is 11.5. The first kappa shape index (κ1) is 13.9. The Morgan fingerprint density at radius 3 is 2.61 bits per heavy atom. The summed E-state index contributed by atoms with van der Waals surface area (Å²) in [7, 11) is 1.56. The van der Waals surface area contributed by atoms with E-state index in [1.165, 1.54) is 10.9 Å². The Morgan fingerprint density at radius 1 is 1.67 bits per heavy atom. The molecule has 0 spiro atoms. The average molecular weight is 255 g/mol. The first-order valence-corrected chi connectivity index (χ1v) is 5.44. The van der Waals surface area contributed by atoms with Gasteiger partial charge in [-0.25, -0.2) is 0 Å². The molecule has 0 aliphatic heterocycles. The van der Waals surface area contributed by atoms with Gasteiger partial charge in [-0.2, -0.15) is 0 Å². The van der Waals surface area contributed by atoms with Crippen molar-refractivity contribution in [1.29, 1.82) is 0 Å². The van der Waals surface area contributed by atoms with E-state index in [-0.39, 0.29) is 17.4 Å². The van der Waals surface area contributed by atoms with Crippen LogP contribution in [0.5, 0.6) is 0 Å². The van der Waals surface area contributed by atoms with E-state index in [0.29, 0.717) is 0 Å². The first-order valence-electron chi connectivity index (χ1n) is 5.44. The molecule has 8 nitrogen and oxygen atoms in total. The highest BCUT2D eigenvalue weighted by Crippen LogP contribution is 2.28. The number of nitrogens with zero attached hydrogens (tertiary/aromatic N) is 3. The first-order chi connectivity index (χ1) is 8.18. The van der Waals surface area contributed by atoms with Gasteiger partial charge < -0.3 is 11.1 Å². The number of aromatic nitrogens is 2. The van der Waals surface area contributed by atoms with Gasteiger partial charge in [-0.05, 0) is 12.8 Å². The summed E-state index contributed by atoms with van der Waals surface area (Å²) in [5, 5.41) is 17.6. The van der Waals surface area contributed by atoms with Crippen LogP contribution in [0, 0.1) is 16.0 Å². The maximum absolute atomic E-state index is 11.5. The largest absolute Gasteiger partial charge is 0.368 e. The summed E-state index contributed by atoms with van der Waals surface area (Å²) in [5.74, 6) is -0.688. The lowest BCUT2D eigenvalue weighted by Crippen LogP contribution is -2.52. The van der Waals surface area contributed by atoms with Crippen LogP contribution >= 0.6 is 0 Å². The van der Waals surface area contributed by atoms with Gasteiger partial charge >= 0.3 is 5.69 Å². The second-order valence-electron chi connectivity index (χ2n) is 4.64. The molecule has 1 atom stereocenters. The van der Waals surface area contributed by atoms with Gasteiger partial charge in [-0.3, -0.25) is 19.6 Å². The van der Waals surface area contributed by atoms with Crippen molar-refractivity contribution in [3.05, 3.63) is 16.3 Å². The molecule has 1 rings (SSSR count). The van der Waals surface area contributed by atoms with Gasteiger partial charge in [0.05, 0.1) is 4.92 Å². The summed E-state index contributed by atoms with van der Waals surface area (Å²) in [6.45, 7) is 5.19. The minimum atomic E-state index is -1.10. The molecule has 1 heterocycles. The third kappa shape index (κ3) is 2.41. The molecular formula is C10H17N5O3. The molecule has 100 valence electrons. The number of hydrogen-bond acceptors (Lipinski definition) is 5. The van der Waals surface area contributed by atoms with E-state index in [1.54, 1.807) is 27.8 Å². The van der Waals surface area contributed by atoms with Crippen molar-refractivity contribution >= 4 is 17.4 Å². The predicted octanol–water partition coefficient (Wildman–Crippen LogP) is 0.640. The van der Waals surface area contributed by atoms with Gasteiger partial charge in [-0.1, -0.05) is 13.8 Å². The number of hydrogen-bond donors (Lipinski definition) is 2. The number of nitrogens with two attached hydrogens (primary N) is 1. The summed E-state index contributed by atoms with van der Waals surface area (Å²) in [5.41, 5.74) is 4.06. The second kappa shape index (κ2) is 4.63. The molecule has 1 amide bonds. The fourth-order valence-electron chi connectivity index (χ4n) is 1.44. The normalized spacial score (nSPS) is 14.3. The zero-order valence-electron chi connectivity index (χ0n) is 10.8. The molecule has 1 unspecified atom stereocenters. The Bertz CT molecular complexity index is 482. The number of amides is 1. The molecule has 0 saturated carbocycles. The van der Waals surface area contributed by atoms with E-state index in [2.05, 4.69) is 10.4 Å². The summed E-state index contributed by atoms with van der Waals surface area (Å²) < 4.78 is 1.31. The Morgan fingerprint density at radius 2 is 2.22 bits per heavy atom. The van der Waals surface area contributed by atoms with Gasteiger partial charge in [0.2, 0.25) is 11.7 Å². The Kier molecular flexibility index (Phi) is 3.59. The van der Waals surface area contributed by atoms with Crippen LogP contribution < -0.4 is 11.1 Å². The molecule has 0 aliphatic rings. The van der Waals surface area contributed by atoms with Gasteiger partial charge in [0, 0.05) is 7.05 Å². The average Bonchev–Trinajstić information content (AvgIpc) is 2.58.